The first-order valence-corrected chi connectivity index (χ1v) is 39.3. The van der Waals surface area contributed by atoms with Crippen LogP contribution in [0.15, 0.2) is 0 Å². The van der Waals surface area contributed by atoms with Gasteiger partial charge < -0.3 is 20.3 Å². The van der Waals surface area contributed by atoms with E-state index in [0.717, 1.165) is 38.5 Å². The Labute approximate surface area is 527 Å². The Kier molecular flexibility index (Phi) is 73.3. The third-order valence-electron chi connectivity index (χ3n) is 18.9. The lowest BCUT2D eigenvalue weighted by Gasteiger charge is -2.22. The summed E-state index contributed by atoms with van der Waals surface area (Å²) in [6.07, 6.45) is 91.9. The number of aliphatic hydroxyl groups is 2. The van der Waals surface area contributed by atoms with E-state index in [4.69, 9.17) is 4.74 Å². The molecule has 1 amide bonds. The van der Waals surface area contributed by atoms with E-state index in [1.165, 1.54) is 392 Å². The fourth-order valence-electron chi connectivity index (χ4n) is 12.9. The molecule has 0 aromatic rings. The van der Waals surface area contributed by atoms with Crippen molar-refractivity contribution in [2.24, 2.45) is 0 Å². The second kappa shape index (κ2) is 74.3. The van der Waals surface area contributed by atoms with Crippen LogP contribution in [-0.4, -0.2) is 47.4 Å². The van der Waals surface area contributed by atoms with Gasteiger partial charge in [-0.2, -0.15) is 0 Å². The molecule has 84 heavy (non-hydrogen) atoms. The third kappa shape index (κ3) is 70.0. The molecule has 2 unspecified atom stereocenters. The minimum Gasteiger partial charge on any atom is -0.466 e. The zero-order valence-corrected chi connectivity index (χ0v) is 57.7. The van der Waals surface area contributed by atoms with Gasteiger partial charge in [0.05, 0.1) is 25.4 Å². The molecule has 0 saturated carbocycles. The lowest BCUT2D eigenvalue weighted by molar-refractivity contribution is -0.143. The summed E-state index contributed by atoms with van der Waals surface area (Å²) in [5, 5.41) is 23.5. The Morgan fingerprint density at radius 1 is 0.286 bits per heavy atom. The fourth-order valence-corrected chi connectivity index (χ4v) is 12.9. The van der Waals surface area contributed by atoms with Crippen molar-refractivity contribution in [2.75, 3.05) is 13.2 Å². The summed E-state index contributed by atoms with van der Waals surface area (Å²) in [7, 11) is 0. The number of carbonyl (C=O) groups excluding carboxylic acids is 2. The number of ether oxygens (including phenoxy) is 1. The molecule has 0 aromatic heterocycles. The number of aliphatic hydroxyl groups excluding tert-OH is 2. The summed E-state index contributed by atoms with van der Waals surface area (Å²) in [6.45, 7) is 5.02. The fraction of sp³-hybridized carbons (Fsp3) is 0.974. The molecule has 0 rings (SSSR count). The Morgan fingerprint density at radius 2 is 0.488 bits per heavy atom. The molecule has 0 fully saturated rings. The highest BCUT2D eigenvalue weighted by molar-refractivity contribution is 5.76. The maximum absolute atomic E-state index is 12.6. The third-order valence-corrected chi connectivity index (χ3v) is 18.9. The van der Waals surface area contributed by atoms with E-state index >= 15 is 0 Å². The molecule has 0 spiro atoms. The number of carbonyl (C=O) groups is 2. The molecule has 0 heterocycles. The quantitative estimate of drug-likeness (QED) is 0.0417. The van der Waals surface area contributed by atoms with E-state index in [-0.39, 0.29) is 18.5 Å². The molecule has 502 valence electrons. The van der Waals surface area contributed by atoms with E-state index in [9.17, 15) is 19.8 Å². The van der Waals surface area contributed by atoms with Crippen LogP contribution in [0.25, 0.3) is 0 Å². The Bertz CT molecular complexity index is 1230. The number of amides is 1. The Hall–Kier alpha value is -1.14. The summed E-state index contributed by atoms with van der Waals surface area (Å²) in [4.78, 5) is 24.6. The summed E-state index contributed by atoms with van der Waals surface area (Å²) >= 11 is 0. The number of rotatable bonds is 75. The smallest absolute Gasteiger partial charge is 0.305 e. The van der Waals surface area contributed by atoms with Crippen LogP contribution >= 0.6 is 0 Å². The molecule has 0 aromatic carbocycles. The van der Waals surface area contributed by atoms with E-state index in [0.29, 0.717) is 25.9 Å². The molecule has 0 radical (unpaired) electrons. The van der Waals surface area contributed by atoms with Crippen molar-refractivity contribution in [1.82, 2.24) is 5.32 Å². The number of hydrogen-bond donors (Lipinski definition) is 3. The van der Waals surface area contributed by atoms with E-state index in [1.807, 2.05) is 0 Å². The highest BCUT2D eigenvalue weighted by Crippen LogP contribution is 2.21. The van der Waals surface area contributed by atoms with Gasteiger partial charge in [-0.25, -0.2) is 0 Å². The van der Waals surface area contributed by atoms with Gasteiger partial charge in [-0.3, -0.25) is 9.59 Å². The topological polar surface area (TPSA) is 95.9 Å². The molecule has 0 saturated heterocycles. The molecule has 6 heteroatoms. The van der Waals surface area contributed by atoms with E-state index in [1.54, 1.807) is 0 Å². The number of unbranched alkanes of at least 4 members (excludes halogenated alkanes) is 64. The highest BCUT2D eigenvalue weighted by Gasteiger charge is 2.20. The normalized spacial score (nSPS) is 12.4. The zero-order valence-electron chi connectivity index (χ0n) is 57.7. The molecule has 0 aliphatic rings. The Balaban J connectivity index is 3.33. The highest BCUT2D eigenvalue weighted by atomic mass is 16.5. The summed E-state index contributed by atoms with van der Waals surface area (Å²) in [6, 6.07) is -0.539. The van der Waals surface area contributed by atoms with E-state index < -0.39 is 12.1 Å². The van der Waals surface area contributed by atoms with Crippen molar-refractivity contribution in [2.45, 2.75) is 475 Å². The molecule has 6 nitrogen and oxygen atoms in total. The van der Waals surface area contributed by atoms with Crippen LogP contribution < -0.4 is 5.32 Å². The van der Waals surface area contributed by atoms with Crippen LogP contribution in [0, 0.1) is 0 Å². The van der Waals surface area contributed by atoms with Crippen LogP contribution in [0.1, 0.15) is 463 Å². The standard InChI is InChI=1S/C78H155NO5/c1-3-5-7-9-11-13-15-17-18-19-20-21-22-31-34-37-40-43-47-50-54-58-62-66-70-76(81)75(74-80)79-77(82)71-67-63-59-55-51-48-44-41-38-35-32-29-27-25-23-24-26-28-30-33-36-39-42-45-49-53-57-61-65-69-73-84-78(83)72-68-64-60-56-52-46-16-14-12-10-8-6-4-2/h75-76,80-81H,3-74H2,1-2H3,(H,79,82). The SMILES string of the molecule is CCCCCCCCCCCCCCCCCCCCCCCCCCC(O)C(CO)NC(=O)CCCCCCCCCCCCCCCCCCCCCCCCCCCCCCCCOC(=O)CCCCCCCCCCCCCCC. The molecule has 3 N–H and O–H groups in total. The van der Waals surface area contributed by atoms with Crippen molar-refractivity contribution in [1.29, 1.82) is 0 Å². The molecule has 0 aliphatic carbocycles. The minimum absolute atomic E-state index is 0.0232. The van der Waals surface area contributed by atoms with Gasteiger partial charge in [0.25, 0.3) is 0 Å². The summed E-state index contributed by atoms with van der Waals surface area (Å²) in [5.41, 5.74) is 0. The van der Waals surface area contributed by atoms with Gasteiger partial charge >= 0.3 is 5.97 Å². The average Bonchev–Trinajstić information content (AvgIpc) is 3.53. The first-order chi connectivity index (χ1) is 41.5. The van der Waals surface area contributed by atoms with Crippen molar-refractivity contribution < 1.29 is 24.5 Å². The van der Waals surface area contributed by atoms with Crippen molar-refractivity contribution >= 4 is 11.9 Å². The zero-order chi connectivity index (χ0) is 60.6. The predicted octanol–water partition coefficient (Wildman–Crippen LogP) is 25.7. The molecular formula is C78H155NO5. The summed E-state index contributed by atoms with van der Waals surface area (Å²) < 4.78 is 5.50. The first kappa shape index (κ1) is 82.9. The van der Waals surface area contributed by atoms with Crippen LogP contribution in [0.5, 0.6) is 0 Å². The van der Waals surface area contributed by atoms with Gasteiger partial charge in [-0.15, -0.1) is 0 Å². The van der Waals surface area contributed by atoms with Crippen molar-refractivity contribution in [3.05, 3.63) is 0 Å². The Morgan fingerprint density at radius 3 is 0.726 bits per heavy atom. The number of nitrogens with one attached hydrogen (secondary N) is 1. The van der Waals surface area contributed by atoms with Gasteiger partial charge in [-0.1, -0.05) is 425 Å². The van der Waals surface area contributed by atoms with Gasteiger partial charge in [0.15, 0.2) is 0 Å². The molecule has 0 aliphatic heterocycles. The van der Waals surface area contributed by atoms with Gasteiger partial charge in [0.2, 0.25) is 5.91 Å². The van der Waals surface area contributed by atoms with Gasteiger partial charge in [0, 0.05) is 12.8 Å². The van der Waals surface area contributed by atoms with Crippen LogP contribution in [-0.2, 0) is 14.3 Å². The monoisotopic (exact) mass is 1190 g/mol. The molecular weight excluding hydrogens is 1030 g/mol. The van der Waals surface area contributed by atoms with E-state index in [2.05, 4.69) is 19.2 Å². The minimum atomic E-state index is -0.662. The first-order valence-electron chi connectivity index (χ1n) is 39.3. The van der Waals surface area contributed by atoms with Crippen LogP contribution in [0.3, 0.4) is 0 Å². The van der Waals surface area contributed by atoms with Crippen molar-refractivity contribution in [3.63, 3.8) is 0 Å². The molecule has 2 atom stereocenters. The number of hydrogen-bond acceptors (Lipinski definition) is 5. The second-order valence-corrected chi connectivity index (χ2v) is 27.4. The number of esters is 1. The average molecular weight is 1190 g/mol. The van der Waals surface area contributed by atoms with Crippen LogP contribution in [0.2, 0.25) is 0 Å². The van der Waals surface area contributed by atoms with Crippen molar-refractivity contribution in [3.8, 4) is 0 Å². The predicted molar refractivity (Wildman–Crippen MR) is 371 cm³/mol. The lowest BCUT2D eigenvalue weighted by atomic mass is 10.0. The maximum Gasteiger partial charge on any atom is 0.305 e. The second-order valence-electron chi connectivity index (χ2n) is 27.4. The van der Waals surface area contributed by atoms with Gasteiger partial charge in [-0.05, 0) is 25.7 Å². The van der Waals surface area contributed by atoms with Crippen LogP contribution in [0.4, 0.5) is 0 Å². The van der Waals surface area contributed by atoms with Gasteiger partial charge in [0.1, 0.15) is 0 Å². The largest absolute Gasteiger partial charge is 0.466 e. The molecule has 0 bridgehead atoms. The summed E-state index contributed by atoms with van der Waals surface area (Å²) in [5.74, 6) is -0.00132. The lowest BCUT2D eigenvalue weighted by Crippen LogP contribution is -2.45. The maximum atomic E-state index is 12.6.